The maximum atomic E-state index is 12.2. The van der Waals surface area contributed by atoms with Gasteiger partial charge in [-0.1, -0.05) is 13.8 Å². The van der Waals surface area contributed by atoms with Crippen LogP contribution in [-0.2, 0) is 9.53 Å². The van der Waals surface area contributed by atoms with Gasteiger partial charge in [0.1, 0.15) is 11.6 Å². The minimum absolute atomic E-state index is 0.109. The zero-order chi connectivity index (χ0) is 15.5. The molecule has 0 bridgehead atoms. The summed E-state index contributed by atoms with van der Waals surface area (Å²) in [7, 11) is 1.60. The lowest BCUT2D eigenvalue weighted by Gasteiger charge is -2.27. The van der Waals surface area contributed by atoms with Crippen molar-refractivity contribution in [3.8, 4) is 0 Å². The summed E-state index contributed by atoms with van der Waals surface area (Å²) in [5.41, 5.74) is -0.541. The number of likely N-dealkylation sites (N-methyl/N-ethyl adjacent to an activating group) is 1. The Morgan fingerprint density at radius 3 is 2.40 bits per heavy atom. The van der Waals surface area contributed by atoms with Crippen molar-refractivity contribution in [3.63, 3.8) is 0 Å². The van der Waals surface area contributed by atoms with Crippen LogP contribution >= 0.6 is 0 Å². The summed E-state index contributed by atoms with van der Waals surface area (Å²) in [5, 5.41) is 2.64. The number of rotatable bonds is 3. The number of likely N-dealkylation sites (tertiary alicyclic amines) is 1. The monoisotopic (exact) mass is 284 g/mol. The maximum Gasteiger partial charge on any atom is 0.410 e. The second-order valence-electron chi connectivity index (χ2n) is 6.99. The van der Waals surface area contributed by atoms with Crippen molar-refractivity contribution in [2.45, 2.75) is 59.1 Å². The molecule has 0 aromatic carbocycles. The number of ether oxygens (including phenoxy) is 1. The highest BCUT2D eigenvalue weighted by atomic mass is 16.6. The fourth-order valence-corrected chi connectivity index (χ4v) is 2.70. The van der Waals surface area contributed by atoms with Gasteiger partial charge in [-0.25, -0.2) is 4.79 Å². The SMILES string of the molecule is CNC(=O)[C@@H]1CC(CC(C)C)CN1C(=O)OC(C)(C)C. The summed E-state index contributed by atoms with van der Waals surface area (Å²) < 4.78 is 5.41. The first-order valence-electron chi connectivity index (χ1n) is 7.35. The molecule has 1 aliphatic heterocycles. The first kappa shape index (κ1) is 16.8. The predicted molar refractivity (Wildman–Crippen MR) is 78.4 cm³/mol. The fourth-order valence-electron chi connectivity index (χ4n) is 2.70. The quantitative estimate of drug-likeness (QED) is 0.865. The van der Waals surface area contributed by atoms with E-state index < -0.39 is 17.7 Å². The molecule has 0 aromatic rings. The Labute approximate surface area is 122 Å². The highest BCUT2D eigenvalue weighted by Gasteiger charge is 2.41. The maximum absolute atomic E-state index is 12.2. The first-order valence-corrected chi connectivity index (χ1v) is 7.35. The van der Waals surface area contributed by atoms with Crippen LogP contribution in [0, 0.1) is 11.8 Å². The summed E-state index contributed by atoms with van der Waals surface area (Å²) >= 11 is 0. The summed E-state index contributed by atoms with van der Waals surface area (Å²) in [6, 6.07) is -0.404. The van der Waals surface area contributed by atoms with Gasteiger partial charge in [0, 0.05) is 13.6 Å². The van der Waals surface area contributed by atoms with Crippen LogP contribution in [0.1, 0.15) is 47.5 Å². The first-order chi connectivity index (χ1) is 9.14. The summed E-state index contributed by atoms with van der Waals surface area (Å²) in [4.78, 5) is 25.8. The fraction of sp³-hybridized carbons (Fsp3) is 0.867. The molecule has 2 atom stereocenters. The van der Waals surface area contributed by atoms with Gasteiger partial charge in [-0.05, 0) is 45.4 Å². The van der Waals surface area contributed by atoms with Gasteiger partial charge in [-0.2, -0.15) is 0 Å². The topological polar surface area (TPSA) is 58.6 Å². The normalized spacial score (nSPS) is 23.1. The average molecular weight is 284 g/mol. The van der Waals surface area contributed by atoms with E-state index in [0.29, 0.717) is 18.4 Å². The number of carbonyl (C=O) groups excluding carboxylic acids is 2. The molecule has 20 heavy (non-hydrogen) atoms. The molecule has 5 heteroatoms. The molecular weight excluding hydrogens is 256 g/mol. The molecule has 5 nitrogen and oxygen atoms in total. The lowest BCUT2D eigenvalue weighted by atomic mass is 9.95. The van der Waals surface area contributed by atoms with E-state index in [-0.39, 0.29) is 5.91 Å². The van der Waals surface area contributed by atoms with Gasteiger partial charge in [0.15, 0.2) is 0 Å². The predicted octanol–water partition coefficient (Wildman–Crippen LogP) is 2.40. The third-order valence-corrected chi connectivity index (χ3v) is 3.37. The molecule has 1 fully saturated rings. The minimum Gasteiger partial charge on any atom is -0.444 e. The van der Waals surface area contributed by atoms with E-state index >= 15 is 0 Å². The lowest BCUT2D eigenvalue weighted by Crippen LogP contribution is -2.46. The van der Waals surface area contributed by atoms with Gasteiger partial charge >= 0.3 is 6.09 Å². The highest BCUT2D eigenvalue weighted by molar-refractivity contribution is 5.86. The van der Waals surface area contributed by atoms with Crippen molar-refractivity contribution < 1.29 is 14.3 Å². The van der Waals surface area contributed by atoms with Gasteiger partial charge in [-0.15, -0.1) is 0 Å². The van der Waals surface area contributed by atoms with Crippen molar-refractivity contribution >= 4 is 12.0 Å². The molecule has 0 radical (unpaired) electrons. The van der Waals surface area contributed by atoms with E-state index in [1.807, 2.05) is 20.8 Å². The van der Waals surface area contributed by atoms with Crippen molar-refractivity contribution in [1.29, 1.82) is 0 Å². The summed E-state index contributed by atoms with van der Waals surface area (Å²) in [6.45, 7) is 10.4. The molecule has 1 N–H and O–H groups in total. The third-order valence-electron chi connectivity index (χ3n) is 3.37. The van der Waals surface area contributed by atoms with Gasteiger partial charge in [0.2, 0.25) is 5.91 Å². The van der Waals surface area contributed by atoms with E-state index in [2.05, 4.69) is 19.2 Å². The molecule has 0 saturated carbocycles. The van der Waals surface area contributed by atoms with E-state index in [1.165, 1.54) is 0 Å². The molecule has 116 valence electrons. The van der Waals surface area contributed by atoms with Crippen molar-refractivity contribution in [3.05, 3.63) is 0 Å². The van der Waals surface area contributed by atoms with Crippen molar-refractivity contribution in [2.24, 2.45) is 11.8 Å². The minimum atomic E-state index is -0.541. The van der Waals surface area contributed by atoms with Gasteiger partial charge < -0.3 is 10.1 Å². The summed E-state index contributed by atoms with van der Waals surface area (Å²) in [6.07, 6.45) is 1.35. The van der Waals surface area contributed by atoms with Crippen LogP contribution in [0.2, 0.25) is 0 Å². The summed E-state index contributed by atoms with van der Waals surface area (Å²) in [5.74, 6) is 0.816. The number of amides is 2. The zero-order valence-electron chi connectivity index (χ0n) is 13.5. The molecule has 0 aromatic heterocycles. The molecule has 0 spiro atoms. The molecule has 1 aliphatic rings. The number of nitrogens with one attached hydrogen (secondary N) is 1. The van der Waals surface area contributed by atoms with Crippen LogP contribution in [-0.4, -0.2) is 42.1 Å². The highest BCUT2D eigenvalue weighted by Crippen LogP contribution is 2.29. The van der Waals surface area contributed by atoms with Gasteiger partial charge in [0.25, 0.3) is 0 Å². The van der Waals surface area contributed by atoms with E-state index in [9.17, 15) is 9.59 Å². The van der Waals surface area contributed by atoms with Crippen LogP contribution in [0.3, 0.4) is 0 Å². The molecule has 1 unspecified atom stereocenters. The second-order valence-corrected chi connectivity index (χ2v) is 6.99. The standard InChI is InChI=1S/C15H28N2O3/c1-10(2)7-11-8-12(13(18)16-6)17(9-11)14(19)20-15(3,4)5/h10-12H,7-9H2,1-6H3,(H,16,18)/t11?,12-/m0/s1. The smallest absolute Gasteiger partial charge is 0.410 e. The van der Waals surface area contributed by atoms with Crippen LogP contribution in [0.5, 0.6) is 0 Å². The Balaban J connectivity index is 2.79. The molecule has 2 amide bonds. The van der Waals surface area contributed by atoms with Crippen LogP contribution < -0.4 is 5.32 Å². The van der Waals surface area contributed by atoms with E-state index in [4.69, 9.17) is 4.74 Å². The van der Waals surface area contributed by atoms with Gasteiger partial charge in [0.05, 0.1) is 0 Å². The molecule has 1 heterocycles. The number of nitrogens with zero attached hydrogens (tertiary/aromatic N) is 1. The Bertz CT molecular complexity index is 361. The van der Waals surface area contributed by atoms with Crippen molar-refractivity contribution in [2.75, 3.05) is 13.6 Å². The van der Waals surface area contributed by atoms with Gasteiger partial charge in [-0.3, -0.25) is 9.69 Å². The van der Waals surface area contributed by atoms with Crippen molar-refractivity contribution in [1.82, 2.24) is 10.2 Å². The number of hydrogen-bond acceptors (Lipinski definition) is 3. The Morgan fingerprint density at radius 2 is 1.95 bits per heavy atom. The molecule has 0 aliphatic carbocycles. The number of carbonyl (C=O) groups is 2. The molecule has 1 saturated heterocycles. The van der Waals surface area contributed by atoms with Crippen LogP contribution in [0.4, 0.5) is 4.79 Å². The Kier molecular flexibility index (Phi) is 5.42. The molecule has 1 rings (SSSR count). The Hall–Kier alpha value is -1.26. The Morgan fingerprint density at radius 1 is 1.35 bits per heavy atom. The average Bonchev–Trinajstić information content (AvgIpc) is 2.68. The lowest BCUT2D eigenvalue weighted by molar-refractivity contribution is -0.125. The van der Waals surface area contributed by atoms with E-state index in [1.54, 1.807) is 11.9 Å². The van der Waals surface area contributed by atoms with E-state index in [0.717, 1.165) is 12.8 Å². The number of hydrogen-bond donors (Lipinski definition) is 1. The van der Waals surface area contributed by atoms with Crippen LogP contribution in [0.25, 0.3) is 0 Å². The zero-order valence-corrected chi connectivity index (χ0v) is 13.5. The molecular formula is C15H28N2O3. The van der Waals surface area contributed by atoms with Crippen LogP contribution in [0.15, 0.2) is 0 Å². The third kappa shape index (κ3) is 4.69. The largest absolute Gasteiger partial charge is 0.444 e. The second kappa shape index (κ2) is 6.46.